The molecule has 1 aliphatic rings. The maximum Gasteiger partial charge on any atom is 0.412 e. The van der Waals surface area contributed by atoms with Crippen molar-refractivity contribution in [2.45, 2.75) is 39.2 Å². The summed E-state index contributed by atoms with van der Waals surface area (Å²) >= 11 is 0. The molecule has 0 spiro atoms. The van der Waals surface area contributed by atoms with Gasteiger partial charge in [-0.15, -0.1) is 0 Å². The van der Waals surface area contributed by atoms with Crippen LogP contribution in [0.4, 0.5) is 27.7 Å². The van der Waals surface area contributed by atoms with Crippen molar-refractivity contribution in [2.75, 3.05) is 28.6 Å². The van der Waals surface area contributed by atoms with E-state index in [9.17, 15) is 4.79 Å². The Labute approximate surface area is 154 Å². The summed E-state index contributed by atoms with van der Waals surface area (Å²) in [6, 6.07) is 12.0. The van der Waals surface area contributed by atoms with Gasteiger partial charge in [0.05, 0.1) is 11.9 Å². The Hall–Kier alpha value is -2.76. The second kappa shape index (κ2) is 7.64. The number of amides is 1. The van der Waals surface area contributed by atoms with Crippen LogP contribution in [0.15, 0.2) is 42.6 Å². The summed E-state index contributed by atoms with van der Waals surface area (Å²) in [6.07, 6.45) is 3.66. The van der Waals surface area contributed by atoms with Crippen molar-refractivity contribution in [1.29, 1.82) is 0 Å². The molecule has 6 nitrogen and oxygen atoms in total. The molecule has 1 aromatic carbocycles. The number of carbonyl (C=O) groups is 1. The average molecular weight is 354 g/mol. The highest BCUT2D eigenvalue weighted by Gasteiger charge is 2.16. The van der Waals surface area contributed by atoms with Crippen molar-refractivity contribution < 1.29 is 9.53 Å². The van der Waals surface area contributed by atoms with Gasteiger partial charge >= 0.3 is 6.09 Å². The number of anilines is 4. The molecule has 0 saturated carbocycles. The van der Waals surface area contributed by atoms with Crippen LogP contribution in [0.25, 0.3) is 0 Å². The quantitative estimate of drug-likeness (QED) is 0.828. The molecular weight excluding hydrogens is 328 g/mol. The standard InChI is InChI=1S/C20H26N4O2/c1-20(2,3)26-19(25)23-16-8-11-18(21-14-16)22-15-6-9-17(10-7-15)24-12-4-5-13-24/h6-11,14H,4-5,12-13H2,1-3H3,(H,21,22)(H,23,25). The lowest BCUT2D eigenvalue weighted by atomic mass is 10.2. The fourth-order valence-electron chi connectivity index (χ4n) is 2.84. The molecule has 0 aliphatic carbocycles. The molecule has 1 saturated heterocycles. The molecule has 0 radical (unpaired) electrons. The number of ether oxygens (including phenoxy) is 1. The molecule has 1 fully saturated rings. The average Bonchev–Trinajstić information content (AvgIpc) is 3.10. The van der Waals surface area contributed by atoms with E-state index < -0.39 is 11.7 Å². The van der Waals surface area contributed by atoms with Crippen molar-refractivity contribution >= 4 is 29.0 Å². The first kappa shape index (κ1) is 18.0. The van der Waals surface area contributed by atoms with Crippen molar-refractivity contribution in [3.63, 3.8) is 0 Å². The Kier molecular flexibility index (Phi) is 5.30. The predicted octanol–water partition coefficient (Wildman–Crippen LogP) is 4.77. The first-order valence-electron chi connectivity index (χ1n) is 8.97. The molecule has 0 atom stereocenters. The molecule has 6 heteroatoms. The summed E-state index contributed by atoms with van der Waals surface area (Å²) in [5.74, 6) is 0.716. The highest BCUT2D eigenvalue weighted by Crippen LogP contribution is 2.23. The maximum atomic E-state index is 11.8. The van der Waals surface area contributed by atoms with Crippen molar-refractivity contribution in [1.82, 2.24) is 4.98 Å². The SMILES string of the molecule is CC(C)(C)OC(=O)Nc1ccc(Nc2ccc(N3CCCC3)cc2)nc1. The van der Waals surface area contributed by atoms with Crippen LogP contribution in [0.3, 0.4) is 0 Å². The molecule has 0 bridgehead atoms. The number of carbonyl (C=O) groups excluding carboxylic acids is 1. The van der Waals surface area contributed by atoms with Gasteiger partial charge in [0, 0.05) is 24.5 Å². The van der Waals surface area contributed by atoms with Crippen LogP contribution >= 0.6 is 0 Å². The molecule has 3 rings (SSSR count). The Morgan fingerprint density at radius 2 is 1.69 bits per heavy atom. The van der Waals surface area contributed by atoms with Gasteiger partial charge in [-0.25, -0.2) is 9.78 Å². The van der Waals surface area contributed by atoms with Crippen LogP contribution in [0.1, 0.15) is 33.6 Å². The molecule has 2 aromatic rings. The van der Waals surface area contributed by atoms with Gasteiger partial charge in [0.1, 0.15) is 11.4 Å². The second-order valence-electron chi connectivity index (χ2n) is 7.43. The number of hydrogen-bond donors (Lipinski definition) is 2. The predicted molar refractivity (Wildman–Crippen MR) is 105 cm³/mol. The summed E-state index contributed by atoms with van der Waals surface area (Å²) < 4.78 is 5.22. The van der Waals surface area contributed by atoms with Gasteiger partial charge in [0.25, 0.3) is 0 Å². The minimum atomic E-state index is -0.528. The molecule has 1 aliphatic heterocycles. The minimum Gasteiger partial charge on any atom is -0.444 e. The zero-order valence-electron chi connectivity index (χ0n) is 15.6. The van der Waals surface area contributed by atoms with Gasteiger partial charge in [0.15, 0.2) is 0 Å². The molecule has 26 heavy (non-hydrogen) atoms. The zero-order chi connectivity index (χ0) is 18.6. The molecule has 138 valence electrons. The Bertz CT molecular complexity index is 730. The Balaban J connectivity index is 1.56. The molecule has 2 heterocycles. The number of rotatable bonds is 4. The first-order chi connectivity index (χ1) is 12.4. The van der Waals surface area contributed by atoms with E-state index in [0.29, 0.717) is 11.5 Å². The second-order valence-corrected chi connectivity index (χ2v) is 7.43. The van der Waals surface area contributed by atoms with E-state index in [-0.39, 0.29) is 0 Å². The van der Waals surface area contributed by atoms with Crippen molar-refractivity contribution in [2.24, 2.45) is 0 Å². The number of nitrogens with zero attached hydrogens (tertiary/aromatic N) is 2. The maximum absolute atomic E-state index is 11.8. The van der Waals surface area contributed by atoms with E-state index >= 15 is 0 Å². The van der Waals surface area contributed by atoms with E-state index in [0.717, 1.165) is 18.8 Å². The van der Waals surface area contributed by atoms with Crippen LogP contribution < -0.4 is 15.5 Å². The molecule has 1 aromatic heterocycles. The van der Waals surface area contributed by atoms with Gasteiger partial charge in [-0.05, 0) is 70.0 Å². The van der Waals surface area contributed by atoms with Crippen LogP contribution in [0.5, 0.6) is 0 Å². The highest BCUT2D eigenvalue weighted by atomic mass is 16.6. The van der Waals surface area contributed by atoms with Crippen LogP contribution in [-0.2, 0) is 4.74 Å². The number of aromatic nitrogens is 1. The number of pyridine rings is 1. The van der Waals surface area contributed by atoms with E-state index in [2.05, 4.69) is 44.8 Å². The first-order valence-corrected chi connectivity index (χ1v) is 8.97. The van der Waals surface area contributed by atoms with E-state index in [4.69, 9.17) is 4.74 Å². The van der Waals surface area contributed by atoms with Crippen molar-refractivity contribution in [3.8, 4) is 0 Å². The zero-order valence-corrected chi connectivity index (χ0v) is 15.6. The highest BCUT2D eigenvalue weighted by molar-refractivity contribution is 5.84. The fraction of sp³-hybridized carbons (Fsp3) is 0.400. The van der Waals surface area contributed by atoms with E-state index in [1.54, 1.807) is 12.3 Å². The summed E-state index contributed by atoms with van der Waals surface area (Å²) in [6.45, 7) is 7.76. The molecule has 0 unspecified atom stereocenters. The third-order valence-electron chi connectivity index (χ3n) is 4.02. The van der Waals surface area contributed by atoms with Gasteiger partial charge in [-0.2, -0.15) is 0 Å². The summed E-state index contributed by atoms with van der Waals surface area (Å²) in [7, 11) is 0. The lowest BCUT2D eigenvalue weighted by molar-refractivity contribution is 0.0636. The van der Waals surface area contributed by atoms with Crippen LogP contribution in [0, 0.1) is 0 Å². The van der Waals surface area contributed by atoms with Crippen LogP contribution in [-0.4, -0.2) is 29.8 Å². The lowest BCUT2D eigenvalue weighted by Gasteiger charge is -2.19. The summed E-state index contributed by atoms with van der Waals surface area (Å²) in [5, 5.41) is 5.94. The number of nitrogens with one attached hydrogen (secondary N) is 2. The number of benzene rings is 1. The van der Waals surface area contributed by atoms with Gasteiger partial charge in [-0.1, -0.05) is 0 Å². The Morgan fingerprint density at radius 3 is 2.27 bits per heavy atom. The Morgan fingerprint density at radius 1 is 1.04 bits per heavy atom. The van der Waals surface area contributed by atoms with E-state index in [1.165, 1.54) is 18.5 Å². The third-order valence-corrected chi connectivity index (χ3v) is 4.02. The summed E-state index contributed by atoms with van der Waals surface area (Å²) in [4.78, 5) is 18.5. The largest absolute Gasteiger partial charge is 0.444 e. The van der Waals surface area contributed by atoms with E-state index in [1.807, 2.05) is 26.8 Å². The normalized spacial score (nSPS) is 14.2. The minimum absolute atomic E-state index is 0.488. The fourth-order valence-corrected chi connectivity index (χ4v) is 2.84. The number of hydrogen-bond acceptors (Lipinski definition) is 5. The van der Waals surface area contributed by atoms with Gasteiger partial charge in [0.2, 0.25) is 0 Å². The van der Waals surface area contributed by atoms with Crippen molar-refractivity contribution in [3.05, 3.63) is 42.6 Å². The topological polar surface area (TPSA) is 66.5 Å². The van der Waals surface area contributed by atoms with Crippen LogP contribution in [0.2, 0.25) is 0 Å². The summed E-state index contributed by atoms with van der Waals surface area (Å²) in [5.41, 5.74) is 2.31. The van der Waals surface area contributed by atoms with Gasteiger partial charge < -0.3 is 15.0 Å². The molecule has 2 N–H and O–H groups in total. The van der Waals surface area contributed by atoms with Gasteiger partial charge in [-0.3, -0.25) is 5.32 Å². The third kappa shape index (κ3) is 5.12. The monoisotopic (exact) mass is 354 g/mol. The smallest absolute Gasteiger partial charge is 0.412 e. The lowest BCUT2D eigenvalue weighted by Crippen LogP contribution is -2.27. The molecule has 1 amide bonds. The molecular formula is C20H26N4O2.